The summed E-state index contributed by atoms with van der Waals surface area (Å²) in [4.78, 5) is 25.1. The van der Waals surface area contributed by atoms with E-state index >= 15 is 0 Å². The van der Waals surface area contributed by atoms with Crippen LogP contribution in [0.1, 0.15) is 44.6 Å². The summed E-state index contributed by atoms with van der Waals surface area (Å²) < 4.78 is 1.00. The second-order valence-corrected chi connectivity index (χ2v) is 8.76. The molecule has 3 rings (SSSR count). The average molecular weight is 444 g/mol. The van der Waals surface area contributed by atoms with Gasteiger partial charge in [-0.1, -0.05) is 28.1 Å². The molecule has 27 heavy (non-hydrogen) atoms. The van der Waals surface area contributed by atoms with Crippen molar-refractivity contribution in [3.63, 3.8) is 0 Å². The summed E-state index contributed by atoms with van der Waals surface area (Å²) in [6, 6.07) is 11.7. The molecule has 1 atom stereocenters. The van der Waals surface area contributed by atoms with Gasteiger partial charge in [0.1, 0.15) is 0 Å². The first kappa shape index (κ1) is 19.7. The molecule has 0 N–H and O–H groups in total. The van der Waals surface area contributed by atoms with Gasteiger partial charge < -0.3 is 4.90 Å². The maximum absolute atomic E-state index is 13.1. The van der Waals surface area contributed by atoms with Crippen molar-refractivity contribution >= 4 is 33.2 Å². The Balaban J connectivity index is 1.87. The molecule has 0 aliphatic carbocycles. The lowest BCUT2D eigenvalue weighted by Crippen LogP contribution is -2.30. The highest BCUT2D eigenvalue weighted by atomic mass is 79.9. The molecule has 1 amide bonds. The molecule has 140 valence electrons. The van der Waals surface area contributed by atoms with E-state index in [-0.39, 0.29) is 11.9 Å². The Labute approximate surface area is 172 Å². The van der Waals surface area contributed by atoms with Crippen LogP contribution in [0.3, 0.4) is 0 Å². The molecule has 6 heteroatoms. The minimum atomic E-state index is -0.0344. The van der Waals surface area contributed by atoms with Crippen LogP contribution in [0.5, 0.6) is 0 Å². The lowest BCUT2D eigenvalue weighted by molar-refractivity contribution is 0.0743. The first-order valence-corrected chi connectivity index (χ1v) is 10.3. The SMILES string of the molecule is Cc1nc(C)c(C(C)N(C)C(=O)c2ccc(-c3cccc(Br)c3)nc2C)s1. The van der Waals surface area contributed by atoms with Crippen molar-refractivity contribution in [2.75, 3.05) is 7.05 Å². The van der Waals surface area contributed by atoms with Gasteiger partial charge in [-0.25, -0.2) is 4.98 Å². The first-order chi connectivity index (χ1) is 12.8. The highest BCUT2D eigenvalue weighted by Crippen LogP contribution is 2.30. The van der Waals surface area contributed by atoms with Crippen molar-refractivity contribution in [1.29, 1.82) is 0 Å². The van der Waals surface area contributed by atoms with E-state index in [2.05, 4.69) is 25.9 Å². The van der Waals surface area contributed by atoms with Crippen molar-refractivity contribution in [3.05, 3.63) is 67.7 Å². The van der Waals surface area contributed by atoms with Gasteiger partial charge in [-0.2, -0.15) is 0 Å². The summed E-state index contributed by atoms with van der Waals surface area (Å²) in [7, 11) is 1.84. The van der Waals surface area contributed by atoms with E-state index in [1.807, 2.05) is 71.1 Å². The number of aryl methyl sites for hydroxylation is 3. The van der Waals surface area contributed by atoms with E-state index in [4.69, 9.17) is 0 Å². The van der Waals surface area contributed by atoms with E-state index in [1.54, 1.807) is 16.2 Å². The molecule has 0 spiro atoms. The first-order valence-electron chi connectivity index (χ1n) is 8.72. The fourth-order valence-corrected chi connectivity index (χ4v) is 4.49. The molecule has 4 nitrogen and oxygen atoms in total. The number of aromatic nitrogens is 2. The van der Waals surface area contributed by atoms with Crippen LogP contribution in [0.2, 0.25) is 0 Å². The molecule has 1 unspecified atom stereocenters. The second kappa shape index (κ2) is 7.90. The van der Waals surface area contributed by atoms with Crippen molar-refractivity contribution in [1.82, 2.24) is 14.9 Å². The van der Waals surface area contributed by atoms with Crippen LogP contribution in [0.15, 0.2) is 40.9 Å². The molecule has 2 heterocycles. The van der Waals surface area contributed by atoms with Gasteiger partial charge in [0, 0.05) is 22.0 Å². The number of carbonyl (C=O) groups is 1. The fraction of sp³-hybridized carbons (Fsp3) is 0.286. The van der Waals surface area contributed by atoms with E-state index in [9.17, 15) is 4.79 Å². The number of thiazole rings is 1. The summed E-state index contributed by atoms with van der Waals surface area (Å²) in [5.74, 6) is -0.0289. The third-order valence-corrected chi connectivity index (χ3v) is 6.39. The van der Waals surface area contributed by atoms with Crippen molar-refractivity contribution in [2.24, 2.45) is 0 Å². The average Bonchev–Trinajstić information content (AvgIpc) is 2.98. The van der Waals surface area contributed by atoms with Crippen molar-refractivity contribution in [3.8, 4) is 11.3 Å². The zero-order valence-corrected chi connectivity index (χ0v) is 18.5. The fourth-order valence-electron chi connectivity index (χ4n) is 3.07. The number of carbonyl (C=O) groups excluding carboxylic acids is 1. The third-order valence-electron chi connectivity index (χ3n) is 4.66. The molecule has 1 aromatic carbocycles. The Morgan fingerprint density at radius 3 is 2.44 bits per heavy atom. The Morgan fingerprint density at radius 2 is 1.85 bits per heavy atom. The Kier molecular flexibility index (Phi) is 5.77. The molecule has 0 aliphatic heterocycles. The van der Waals surface area contributed by atoms with Gasteiger partial charge in [-0.05, 0) is 52.0 Å². The zero-order valence-electron chi connectivity index (χ0n) is 16.1. The van der Waals surface area contributed by atoms with Crippen LogP contribution in [-0.2, 0) is 0 Å². The van der Waals surface area contributed by atoms with E-state index < -0.39 is 0 Å². The summed E-state index contributed by atoms with van der Waals surface area (Å²) in [5.41, 5.74) is 4.22. The van der Waals surface area contributed by atoms with Gasteiger partial charge in [0.05, 0.1) is 33.7 Å². The van der Waals surface area contributed by atoms with Gasteiger partial charge in [-0.3, -0.25) is 9.78 Å². The second-order valence-electron chi connectivity index (χ2n) is 6.61. The molecule has 0 bridgehead atoms. The van der Waals surface area contributed by atoms with Crippen LogP contribution in [0.4, 0.5) is 0 Å². The molecule has 0 fully saturated rings. The van der Waals surface area contributed by atoms with E-state index in [0.29, 0.717) is 5.56 Å². The largest absolute Gasteiger partial charge is 0.334 e. The van der Waals surface area contributed by atoms with Gasteiger partial charge >= 0.3 is 0 Å². The molecular weight excluding hydrogens is 422 g/mol. The minimum Gasteiger partial charge on any atom is -0.334 e. The predicted molar refractivity (Wildman–Crippen MR) is 114 cm³/mol. The number of pyridine rings is 1. The van der Waals surface area contributed by atoms with Crippen molar-refractivity contribution < 1.29 is 4.79 Å². The Morgan fingerprint density at radius 1 is 1.11 bits per heavy atom. The Bertz CT molecular complexity index is 999. The summed E-state index contributed by atoms with van der Waals surface area (Å²) in [6.45, 7) is 7.91. The third kappa shape index (κ3) is 4.12. The summed E-state index contributed by atoms with van der Waals surface area (Å²) in [5, 5.41) is 1.02. The number of nitrogens with zero attached hydrogens (tertiary/aromatic N) is 3. The van der Waals surface area contributed by atoms with Crippen LogP contribution < -0.4 is 0 Å². The highest BCUT2D eigenvalue weighted by Gasteiger charge is 2.24. The Hall–Kier alpha value is -2.05. The molecule has 2 aromatic heterocycles. The number of rotatable bonds is 4. The van der Waals surface area contributed by atoms with E-state index in [1.165, 1.54) is 0 Å². The quantitative estimate of drug-likeness (QED) is 0.517. The summed E-state index contributed by atoms with van der Waals surface area (Å²) >= 11 is 5.13. The molecule has 0 saturated heterocycles. The van der Waals surface area contributed by atoms with E-state index in [0.717, 1.165) is 37.0 Å². The molecule has 0 aliphatic rings. The van der Waals surface area contributed by atoms with Crippen molar-refractivity contribution in [2.45, 2.75) is 33.7 Å². The maximum Gasteiger partial charge on any atom is 0.255 e. The maximum atomic E-state index is 13.1. The summed E-state index contributed by atoms with van der Waals surface area (Å²) in [6.07, 6.45) is 0. The number of hydrogen-bond acceptors (Lipinski definition) is 4. The number of benzene rings is 1. The standard InChI is InChI=1S/C21H22BrN3OS/c1-12-18(9-10-19(24-12)16-7-6-8-17(22)11-16)21(26)25(5)14(3)20-13(2)23-15(4)27-20/h6-11,14H,1-5H3. The smallest absolute Gasteiger partial charge is 0.255 e. The number of halogens is 1. The molecule has 3 aromatic rings. The molecule has 0 radical (unpaired) electrons. The lowest BCUT2D eigenvalue weighted by Gasteiger charge is -2.25. The topological polar surface area (TPSA) is 46.1 Å². The number of amides is 1. The number of hydrogen-bond donors (Lipinski definition) is 0. The van der Waals surface area contributed by atoms with Crippen LogP contribution in [0, 0.1) is 20.8 Å². The van der Waals surface area contributed by atoms with Gasteiger partial charge in [0.15, 0.2) is 0 Å². The molecular formula is C21H22BrN3OS. The lowest BCUT2D eigenvalue weighted by atomic mass is 10.1. The molecule has 0 saturated carbocycles. The van der Waals surface area contributed by atoms with Crippen LogP contribution in [0.25, 0.3) is 11.3 Å². The normalized spacial score (nSPS) is 12.1. The highest BCUT2D eigenvalue weighted by molar-refractivity contribution is 9.10. The van der Waals surface area contributed by atoms with Gasteiger partial charge in [0.2, 0.25) is 0 Å². The zero-order chi connectivity index (χ0) is 19.7. The monoisotopic (exact) mass is 443 g/mol. The van der Waals surface area contributed by atoms with Crippen LogP contribution >= 0.6 is 27.3 Å². The van der Waals surface area contributed by atoms with Crippen LogP contribution in [-0.4, -0.2) is 27.8 Å². The minimum absolute atomic E-state index is 0.0289. The predicted octanol–water partition coefficient (Wildman–Crippen LogP) is 5.73. The van der Waals surface area contributed by atoms with Gasteiger partial charge in [-0.15, -0.1) is 11.3 Å². The van der Waals surface area contributed by atoms with Gasteiger partial charge in [0.25, 0.3) is 5.91 Å².